The lowest BCUT2D eigenvalue weighted by molar-refractivity contribution is -0.272. The molecule has 0 bridgehead atoms. The predicted octanol–water partition coefficient (Wildman–Crippen LogP) is 7.22. The Balaban J connectivity index is 1.55. The minimum atomic E-state index is -5.09. The van der Waals surface area contributed by atoms with E-state index >= 15 is 0 Å². The number of fused-ring (bicyclic) bond motifs is 1. The number of benzene rings is 3. The van der Waals surface area contributed by atoms with Gasteiger partial charge in [-0.3, -0.25) is 4.79 Å². The predicted molar refractivity (Wildman–Crippen MR) is 152 cm³/mol. The van der Waals surface area contributed by atoms with Gasteiger partial charge in [0.25, 0.3) is 5.60 Å². The Hall–Kier alpha value is -3.85. The molecule has 2 aliphatic rings. The molecule has 6 nitrogen and oxygen atoms in total. The highest BCUT2D eigenvalue weighted by Gasteiger charge is 2.64. The molecule has 9 heteroatoms. The SMILES string of the molecule is COc1ccc2c(c1C)NC(=O)[C@@]2(c1ccc(OC(=O)[C@](OC)(c2ccccc2)C(F)(F)F)cc1)C1CCCCCC1. The van der Waals surface area contributed by atoms with Crippen molar-refractivity contribution in [1.29, 1.82) is 0 Å². The third-order valence-corrected chi connectivity index (χ3v) is 8.82. The molecule has 5 rings (SSSR count). The minimum Gasteiger partial charge on any atom is -0.496 e. The van der Waals surface area contributed by atoms with Crippen molar-refractivity contribution in [2.75, 3.05) is 19.5 Å². The summed E-state index contributed by atoms with van der Waals surface area (Å²) >= 11 is 0. The van der Waals surface area contributed by atoms with Crippen molar-refractivity contribution >= 4 is 17.6 Å². The van der Waals surface area contributed by atoms with E-state index in [1.54, 1.807) is 25.3 Å². The second-order valence-electron chi connectivity index (χ2n) is 10.9. The van der Waals surface area contributed by atoms with Crippen LogP contribution >= 0.6 is 0 Å². The number of nitrogens with one attached hydrogen (secondary N) is 1. The molecule has 0 spiro atoms. The van der Waals surface area contributed by atoms with E-state index in [0.717, 1.165) is 62.4 Å². The summed E-state index contributed by atoms with van der Waals surface area (Å²) in [4.78, 5) is 27.2. The van der Waals surface area contributed by atoms with Gasteiger partial charge in [-0.15, -0.1) is 0 Å². The Labute approximate surface area is 243 Å². The molecular weight excluding hydrogens is 547 g/mol. The molecule has 1 N–H and O–H groups in total. The minimum absolute atomic E-state index is 0.00639. The Bertz CT molecular complexity index is 1450. The molecule has 42 heavy (non-hydrogen) atoms. The van der Waals surface area contributed by atoms with Gasteiger partial charge in [-0.05, 0) is 55.0 Å². The van der Waals surface area contributed by atoms with Crippen molar-refractivity contribution in [2.24, 2.45) is 5.92 Å². The van der Waals surface area contributed by atoms with Gasteiger partial charge in [-0.2, -0.15) is 13.2 Å². The number of amides is 1. The van der Waals surface area contributed by atoms with Crippen LogP contribution in [0.25, 0.3) is 0 Å². The first-order valence-electron chi connectivity index (χ1n) is 14.1. The van der Waals surface area contributed by atoms with Crippen molar-refractivity contribution in [1.82, 2.24) is 0 Å². The highest BCUT2D eigenvalue weighted by molar-refractivity contribution is 6.10. The zero-order valence-electron chi connectivity index (χ0n) is 23.8. The van der Waals surface area contributed by atoms with Crippen LogP contribution in [0.5, 0.6) is 11.5 Å². The molecule has 222 valence electrons. The number of carbonyl (C=O) groups is 2. The lowest BCUT2D eigenvalue weighted by Crippen LogP contribution is -2.52. The summed E-state index contributed by atoms with van der Waals surface area (Å²) in [6, 6.07) is 16.7. The van der Waals surface area contributed by atoms with Crippen LogP contribution < -0.4 is 14.8 Å². The van der Waals surface area contributed by atoms with Gasteiger partial charge in [0.15, 0.2) is 0 Å². The van der Waals surface area contributed by atoms with E-state index in [-0.39, 0.29) is 23.1 Å². The van der Waals surface area contributed by atoms with E-state index in [1.807, 2.05) is 19.1 Å². The molecule has 1 fully saturated rings. The molecular formula is C33H34F3NO5. The van der Waals surface area contributed by atoms with Gasteiger partial charge >= 0.3 is 12.1 Å². The van der Waals surface area contributed by atoms with Crippen LogP contribution in [0.4, 0.5) is 18.9 Å². The summed E-state index contributed by atoms with van der Waals surface area (Å²) in [5.74, 6) is -1.18. The highest BCUT2D eigenvalue weighted by Crippen LogP contribution is 2.54. The third kappa shape index (κ3) is 4.64. The number of rotatable bonds is 7. The molecule has 1 aliphatic heterocycles. The number of hydrogen-bond acceptors (Lipinski definition) is 5. The molecule has 1 aliphatic carbocycles. The molecule has 1 saturated carbocycles. The molecule has 3 aromatic rings. The second kappa shape index (κ2) is 11.4. The summed E-state index contributed by atoms with van der Waals surface area (Å²) in [7, 11) is 2.41. The summed E-state index contributed by atoms with van der Waals surface area (Å²) in [5.41, 5.74) is -1.63. The van der Waals surface area contributed by atoms with E-state index in [1.165, 1.54) is 36.4 Å². The first-order valence-corrected chi connectivity index (χ1v) is 14.1. The maximum Gasteiger partial charge on any atom is 0.432 e. The van der Waals surface area contributed by atoms with Crippen molar-refractivity contribution in [3.8, 4) is 11.5 Å². The fraction of sp³-hybridized carbons (Fsp3) is 0.394. The quantitative estimate of drug-likeness (QED) is 0.181. The number of hydrogen-bond donors (Lipinski definition) is 1. The number of ether oxygens (including phenoxy) is 3. The lowest BCUT2D eigenvalue weighted by atomic mass is 9.64. The van der Waals surface area contributed by atoms with Crippen molar-refractivity contribution in [3.63, 3.8) is 0 Å². The fourth-order valence-corrected chi connectivity index (χ4v) is 6.73. The van der Waals surface area contributed by atoms with Crippen LogP contribution in [0.2, 0.25) is 0 Å². The monoisotopic (exact) mass is 581 g/mol. The molecule has 2 atom stereocenters. The van der Waals surface area contributed by atoms with Gasteiger partial charge < -0.3 is 19.5 Å². The number of alkyl halides is 3. The summed E-state index contributed by atoms with van der Waals surface area (Å²) in [5, 5.41) is 3.11. The molecule has 0 radical (unpaired) electrons. The number of anilines is 1. The smallest absolute Gasteiger partial charge is 0.432 e. The molecule has 1 amide bonds. The molecule has 1 heterocycles. The Morgan fingerprint density at radius 3 is 2.12 bits per heavy atom. The van der Waals surface area contributed by atoms with Crippen LogP contribution in [-0.2, 0) is 25.3 Å². The number of halogens is 3. The highest BCUT2D eigenvalue weighted by atomic mass is 19.4. The van der Waals surface area contributed by atoms with Gasteiger partial charge in [0.2, 0.25) is 5.91 Å². The summed E-state index contributed by atoms with van der Waals surface area (Å²) in [6.45, 7) is 1.90. The van der Waals surface area contributed by atoms with E-state index in [9.17, 15) is 22.8 Å². The van der Waals surface area contributed by atoms with Crippen LogP contribution in [-0.4, -0.2) is 32.3 Å². The molecule has 0 unspecified atom stereocenters. The fourth-order valence-electron chi connectivity index (χ4n) is 6.73. The van der Waals surface area contributed by atoms with Crippen LogP contribution in [0.3, 0.4) is 0 Å². The van der Waals surface area contributed by atoms with Gasteiger partial charge in [0.05, 0.1) is 12.8 Å². The normalized spacial score (nSPS) is 20.7. The van der Waals surface area contributed by atoms with E-state index < -0.39 is 23.2 Å². The maximum atomic E-state index is 14.4. The summed E-state index contributed by atoms with van der Waals surface area (Å²) < 4.78 is 58.8. The van der Waals surface area contributed by atoms with Crippen molar-refractivity contribution in [2.45, 2.75) is 62.6 Å². The molecule has 0 saturated heterocycles. The topological polar surface area (TPSA) is 73.9 Å². The van der Waals surface area contributed by atoms with Crippen LogP contribution in [0.15, 0.2) is 66.7 Å². The number of methoxy groups -OCH3 is 2. The first-order chi connectivity index (χ1) is 20.1. The Morgan fingerprint density at radius 2 is 1.55 bits per heavy atom. The second-order valence-corrected chi connectivity index (χ2v) is 10.9. The average Bonchev–Trinajstić information content (AvgIpc) is 3.10. The van der Waals surface area contributed by atoms with E-state index in [2.05, 4.69) is 5.32 Å². The third-order valence-electron chi connectivity index (χ3n) is 8.82. The first kappa shape index (κ1) is 29.6. The van der Waals surface area contributed by atoms with E-state index in [4.69, 9.17) is 14.2 Å². The van der Waals surface area contributed by atoms with Gasteiger partial charge in [0, 0.05) is 18.2 Å². The summed E-state index contributed by atoms with van der Waals surface area (Å²) in [6.07, 6.45) is 0.806. The lowest BCUT2D eigenvalue weighted by Gasteiger charge is -2.36. The van der Waals surface area contributed by atoms with Crippen LogP contribution in [0, 0.1) is 12.8 Å². The Kier molecular flexibility index (Phi) is 8.07. The average molecular weight is 582 g/mol. The largest absolute Gasteiger partial charge is 0.496 e. The zero-order chi connectivity index (χ0) is 30.1. The van der Waals surface area contributed by atoms with Crippen LogP contribution in [0.1, 0.15) is 60.8 Å². The Morgan fingerprint density at radius 1 is 0.905 bits per heavy atom. The zero-order valence-corrected chi connectivity index (χ0v) is 23.8. The molecule has 3 aromatic carbocycles. The van der Waals surface area contributed by atoms with E-state index in [0.29, 0.717) is 11.3 Å². The number of esters is 1. The van der Waals surface area contributed by atoms with Gasteiger partial charge in [-0.25, -0.2) is 4.79 Å². The van der Waals surface area contributed by atoms with Gasteiger partial charge in [0.1, 0.15) is 16.9 Å². The van der Waals surface area contributed by atoms with Crippen molar-refractivity contribution in [3.05, 3.63) is 89.0 Å². The number of carbonyl (C=O) groups excluding carboxylic acids is 2. The van der Waals surface area contributed by atoms with Crippen molar-refractivity contribution < 1.29 is 37.0 Å². The molecule has 0 aromatic heterocycles. The standard InChI is InChI=1S/C33H34F3NO5/c1-21-27(40-2)20-19-26-28(21)37-29(38)31(26,22-11-7-4-5-8-12-22)23-15-17-25(18-16-23)42-30(39)32(41-3,33(34,35)36)24-13-9-6-10-14-24/h6,9-10,13-20,22H,4-5,7-8,11-12H2,1-3H3,(H,37,38)/t31-,32-/m1/s1. The van der Waals surface area contributed by atoms with Gasteiger partial charge in [-0.1, -0.05) is 74.2 Å². The maximum absolute atomic E-state index is 14.4.